The number of aromatic nitrogens is 3. The molecule has 0 bridgehead atoms. The highest BCUT2D eigenvalue weighted by Crippen LogP contribution is 2.27. The van der Waals surface area contributed by atoms with Crippen LogP contribution in [0.4, 0.5) is 0 Å². The van der Waals surface area contributed by atoms with Crippen molar-refractivity contribution in [3.8, 4) is 0 Å². The van der Waals surface area contributed by atoms with E-state index in [9.17, 15) is 9.59 Å². The van der Waals surface area contributed by atoms with Gasteiger partial charge in [-0.2, -0.15) is 5.10 Å². The largest absolute Gasteiger partial charge is 0.340 e. The molecule has 116 valence electrons. The van der Waals surface area contributed by atoms with Crippen LogP contribution in [0.1, 0.15) is 53.4 Å². The molecule has 7 heteroatoms. The van der Waals surface area contributed by atoms with Crippen LogP contribution in [0.5, 0.6) is 0 Å². The number of rotatable bonds is 3. The van der Waals surface area contributed by atoms with Crippen LogP contribution in [0.2, 0.25) is 0 Å². The van der Waals surface area contributed by atoms with Crippen LogP contribution >= 0.6 is 0 Å². The summed E-state index contributed by atoms with van der Waals surface area (Å²) in [6.45, 7) is 11.2. The number of piperazine rings is 1. The molecule has 0 aliphatic carbocycles. The van der Waals surface area contributed by atoms with Crippen LogP contribution in [0.15, 0.2) is 6.33 Å². The molecular formula is C14H23N5O2. The van der Waals surface area contributed by atoms with Gasteiger partial charge < -0.3 is 10.2 Å². The van der Waals surface area contributed by atoms with Gasteiger partial charge in [-0.1, -0.05) is 0 Å². The molecule has 0 radical (unpaired) electrons. The average Bonchev–Trinajstić information content (AvgIpc) is 2.81. The van der Waals surface area contributed by atoms with E-state index in [4.69, 9.17) is 0 Å². The van der Waals surface area contributed by atoms with E-state index >= 15 is 0 Å². The van der Waals surface area contributed by atoms with Crippen LogP contribution in [-0.2, 0) is 16.1 Å². The van der Waals surface area contributed by atoms with Crippen molar-refractivity contribution in [1.29, 1.82) is 0 Å². The number of nitrogens with zero attached hydrogens (tertiary/aromatic N) is 4. The minimum Gasteiger partial charge on any atom is -0.340 e. The zero-order valence-electron chi connectivity index (χ0n) is 13.5. The first-order chi connectivity index (χ1) is 9.57. The summed E-state index contributed by atoms with van der Waals surface area (Å²) in [5.74, 6) is 0.394. The maximum Gasteiger partial charge on any atom is 0.249 e. The second-order valence-corrected chi connectivity index (χ2v) is 6.74. The smallest absolute Gasteiger partial charge is 0.249 e. The van der Waals surface area contributed by atoms with Gasteiger partial charge in [-0.05, 0) is 41.5 Å². The molecule has 2 rings (SSSR count). The Labute approximate surface area is 124 Å². The lowest BCUT2D eigenvalue weighted by molar-refractivity contribution is -0.160. The topological polar surface area (TPSA) is 80.1 Å². The lowest BCUT2D eigenvalue weighted by Gasteiger charge is -2.47. The molecule has 0 unspecified atom stereocenters. The Hall–Kier alpha value is -1.92. The van der Waals surface area contributed by atoms with Crippen molar-refractivity contribution in [3.05, 3.63) is 12.2 Å². The van der Waals surface area contributed by atoms with Crippen molar-refractivity contribution >= 4 is 11.8 Å². The third-order valence-corrected chi connectivity index (χ3v) is 3.87. The molecule has 0 saturated carbocycles. The highest BCUT2D eigenvalue weighted by Gasteiger charge is 2.50. The SMILES string of the molecule is CC(C)n1ncnc1CN1C(=O)C(C)(C)NC(=O)C1(C)C. The number of hydrogen-bond acceptors (Lipinski definition) is 4. The molecule has 1 aromatic heterocycles. The second kappa shape index (κ2) is 4.82. The second-order valence-electron chi connectivity index (χ2n) is 6.74. The molecule has 2 heterocycles. The summed E-state index contributed by atoms with van der Waals surface area (Å²) in [5.41, 5.74) is -1.82. The van der Waals surface area contributed by atoms with E-state index in [0.717, 1.165) is 0 Å². The van der Waals surface area contributed by atoms with Crippen molar-refractivity contribution in [2.45, 2.75) is 65.2 Å². The number of hydrogen-bond donors (Lipinski definition) is 1. The number of nitrogens with one attached hydrogen (secondary N) is 1. The number of carbonyl (C=O) groups is 2. The average molecular weight is 293 g/mol. The summed E-state index contributed by atoms with van der Waals surface area (Å²) in [7, 11) is 0. The summed E-state index contributed by atoms with van der Waals surface area (Å²) in [5, 5.41) is 6.95. The number of carbonyl (C=O) groups excluding carboxylic acids is 2. The Kier molecular flexibility index (Phi) is 3.55. The summed E-state index contributed by atoms with van der Waals surface area (Å²) >= 11 is 0. The van der Waals surface area contributed by atoms with E-state index in [1.54, 1.807) is 37.3 Å². The molecule has 2 amide bonds. The maximum absolute atomic E-state index is 12.7. The van der Waals surface area contributed by atoms with Crippen LogP contribution in [0, 0.1) is 0 Å². The molecule has 0 aromatic carbocycles. The van der Waals surface area contributed by atoms with Gasteiger partial charge in [0.2, 0.25) is 11.8 Å². The first-order valence-corrected chi connectivity index (χ1v) is 7.10. The summed E-state index contributed by atoms with van der Waals surface area (Å²) in [6, 6.07) is 0.146. The lowest BCUT2D eigenvalue weighted by atomic mass is 9.89. The normalized spacial score (nSPS) is 20.8. The van der Waals surface area contributed by atoms with Crippen molar-refractivity contribution in [1.82, 2.24) is 25.0 Å². The molecule has 1 aliphatic heterocycles. The van der Waals surface area contributed by atoms with Gasteiger partial charge in [0.05, 0.1) is 6.54 Å². The highest BCUT2D eigenvalue weighted by molar-refractivity contribution is 6.01. The van der Waals surface area contributed by atoms with E-state index in [1.807, 2.05) is 13.8 Å². The fraction of sp³-hybridized carbons (Fsp3) is 0.714. The summed E-state index contributed by atoms with van der Waals surface area (Å²) in [6.07, 6.45) is 1.47. The van der Waals surface area contributed by atoms with Crippen molar-refractivity contribution < 1.29 is 9.59 Å². The number of amides is 2. The van der Waals surface area contributed by atoms with E-state index in [0.29, 0.717) is 5.82 Å². The van der Waals surface area contributed by atoms with E-state index < -0.39 is 11.1 Å². The van der Waals surface area contributed by atoms with Gasteiger partial charge in [0, 0.05) is 6.04 Å². The van der Waals surface area contributed by atoms with E-state index in [1.165, 1.54) is 6.33 Å². The minimum absolute atomic E-state index is 0.120. The summed E-state index contributed by atoms with van der Waals surface area (Å²) in [4.78, 5) is 30.8. The molecule has 0 spiro atoms. The van der Waals surface area contributed by atoms with Crippen LogP contribution in [0.3, 0.4) is 0 Å². The van der Waals surface area contributed by atoms with Gasteiger partial charge in [-0.3, -0.25) is 9.59 Å². The molecule has 1 aromatic rings. The third kappa shape index (κ3) is 2.52. The Balaban J connectivity index is 2.37. The Morgan fingerprint density at radius 2 is 1.86 bits per heavy atom. The minimum atomic E-state index is -0.916. The Bertz CT molecular complexity index is 574. The van der Waals surface area contributed by atoms with Gasteiger partial charge in [-0.15, -0.1) is 0 Å². The zero-order chi connectivity index (χ0) is 16.0. The Morgan fingerprint density at radius 1 is 1.24 bits per heavy atom. The molecule has 1 aliphatic rings. The van der Waals surface area contributed by atoms with Gasteiger partial charge >= 0.3 is 0 Å². The molecule has 1 fully saturated rings. The summed E-state index contributed by atoms with van der Waals surface area (Å²) < 4.78 is 1.77. The Morgan fingerprint density at radius 3 is 2.43 bits per heavy atom. The molecule has 1 N–H and O–H groups in total. The predicted octanol–water partition coefficient (Wildman–Crippen LogP) is 0.875. The van der Waals surface area contributed by atoms with Crippen LogP contribution in [-0.4, -0.2) is 42.6 Å². The lowest BCUT2D eigenvalue weighted by Crippen LogP contribution is -2.72. The van der Waals surface area contributed by atoms with Crippen molar-refractivity contribution in [3.63, 3.8) is 0 Å². The first-order valence-electron chi connectivity index (χ1n) is 7.10. The monoisotopic (exact) mass is 293 g/mol. The van der Waals surface area contributed by atoms with Crippen molar-refractivity contribution in [2.75, 3.05) is 0 Å². The van der Waals surface area contributed by atoms with Crippen LogP contribution in [0.25, 0.3) is 0 Å². The highest BCUT2D eigenvalue weighted by atomic mass is 16.2. The van der Waals surface area contributed by atoms with Gasteiger partial charge in [0.25, 0.3) is 0 Å². The fourth-order valence-electron chi connectivity index (χ4n) is 2.43. The van der Waals surface area contributed by atoms with Gasteiger partial charge in [0.1, 0.15) is 23.2 Å². The van der Waals surface area contributed by atoms with E-state index in [-0.39, 0.29) is 24.4 Å². The predicted molar refractivity (Wildman–Crippen MR) is 77.3 cm³/mol. The molecular weight excluding hydrogens is 270 g/mol. The standard InChI is InChI=1S/C14H23N5O2/c1-9(2)19-10(15-8-16-19)7-18-12(21)13(3,4)17-11(20)14(18,5)6/h8-9H,7H2,1-6H3,(H,17,20). The molecule has 7 nitrogen and oxygen atoms in total. The van der Waals surface area contributed by atoms with Crippen molar-refractivity contribution in [2.24, 2.45) is 0 Å². The maximum atomic E-state index is 12.7. The van der Waals surface area contributed by atoms with Crippen LogP contribution < -0.4 is 5.32 Å². The first kappa shape index (κ1) is 15.5. The third-order valence-electron chi connectivity index (χ3n) is 3.87. The molecule has 0 atom stereocenters. The van der Waals surface area contributed by atoms with Gasteiger partial charge in [0.15, 0.2) is 0 Å². The van der Waals surface area contributed by atoms with Gasteiger partial charge in [-0.25, -0.2) is 9.67 Å². The molecule has 21 heavy (non-hydrogen) atoms. The fourth-order valence-corrected chi connectivity index (χ4v) is 2.43. The van der Waals surface area contributed by atoms with E-state index in [2.05, 4.69) is 15.4 Å². The zero-order valence-corrected chi connectivity index (χ0v) is 13.5. The quantitative estimate of drug-likeness (QED) is 0.897. The molecule has 1 saturated heterocycles.